The van der Waals surface area contributed by atoms with Crippen LogP contribution in [0.4, 0.5) is 21.0 Å². The van der Waals surface area contributed by atoms with Crippen LogP contribution in [0.2, 0.25) is 0 Å². The van der Waals surface area contributed by atoms with Crippen molar-refractivity contribution < 1.29 is 117 Å². The molecule has 40 nitrogen and oxygen atoms in total. The number of carbonyl (C=O) groups is 13. The lowest BCUT2D eigenvalue weighted by Crippen LogP contribution is -2.53. The van der Waals surface area contributed by atoms with Gasteiger partial charge in [0.15, 0.2) is 5.11 Å². The fourth-order valence-corrected chi connectivity index (χ4v) is 12.6. The second-order valence-electron chi connectivity index (χ2n) is 27.5. The number of aliphatic carboxylic acids is 8. The lowest BCUT2D eigenvalue weighted by Gasteiger charge is -2.37. The highest BCUT2D eigenvalue weighted by molar-refractivity contribution is 14.1. The van der Waals surface area contributed by atoms with Gasteiger partial charge in [-0.1, -0.05) is 36.4 Å². The number of halogens is 1. The molecule has 0 aliphatic carbocycles. The molecule has 652 valence electrons. The van der Waals surface area contributed by atoms with Crippen LogP contribution in [0.1, 0.15) is 107 Å². The van der Waals surface area contributed by atoms with E-state index in [1.165, 1.54) is 6.21 Å². The van der Waals surface area contributed by atoms with E-state index in [1.807, 2.05) is 24.3 Å². The molecule has 42 heteroatoms. The highest BCUT2D eigenvalue weighted by Gasteiger charge is 2.31. The zero-order chi connectivity index (χ0) is 86.6. The minimum absolute atomic E-state index is 0.0388. The second kappa shape index (κ2) is 57.7. The predicted molar refractivity (Wildman–Crippen MR) is 444 cm³/mol. The van der Waals surface area contributed by atoms with Gasteiger partial charge in [-0.2, -0.15) is 5.10 Å². The predicted octanol–water partition coefficient (Wildman–Crippen LogP) is 1.82. The summed E-state index contributed by atoms with van der Waals surface area (Å²) < 4.78 is 18.0. The third kappa shape index (κ3) is 45.4. The molecule has 1 saturated heterocycles. The zero-order valence-corrected chi connectivity index (χ0v) is 68.7. The van der Waals surface area contributed by atoms with Gasteiger partial charge >= 0.3 is 59.8 Å². The van der Waals surface area contributed by atoms with Crippen molar-refractivity contribution in [1.82, 2.24) is 56.8 Å². The molecular weight excluding hydrogens is 1680 g/mol. The van der Waals surface area contributed by atoms with Crippen molar-refractivity contribution in [2.45, 2.75) is 133 Å². The molecule has 0 radical (unpaired) electrons. The number of aryl methyl sites for hydroxylation is 1. The summed E-state index contributed by atoms with van der Waals surface area (Å²) in [6.07, 6.45) is 4.61. The average molecular weight is 1790 g/mol. The number of hydrazone groups is 1. The number of carboxylic acids is 8. The number of urea groups is 2. The number of unbranched alkanes of at least 4 members (excludes halogenated alkanes) is 3. The first-order chi connectivity index (χ1) is 56.4. The third-order valence-corrected chi connectivity index (χ3v) is 19.1. The molecule has 1 fully saturated rings. The van der Waals surface area contributed by atoms with Crippen LogP contribution in [0.3, 0.4) is 0 Å². The SMILES string of the molecule is NN=C(C=NCCOCCOCCOCCC(=O)N[C@@H](CCCCNC(=S)Nc1ccc(CC2CN(CC(=O)O)CCN(CC(=O)O)CCN(CC(=O)O)CCN2CC(=O)O)cc1)C(=O)NC(CCCCNC(=O)CCCc1ccc(I)cc1)C(=O)O)c1cccc(NC(=O)NCCCCC(NC(=O)N[C@@H](CCC(=O)O)C(=O)O)C(=O)O)c1. The summed E-state index contributed by atoms with van der Waals surface area (Å²) in [5.41, 5.74) is 3.67. The number of carboxylic acid groups (broad SMARTS) is 8. The highest BCUT2D eigenvalue weighted by atomic mass is 127. The number of benzene rings is 3. The molecule has 1 aliphatic rings. The largest absolute Gasteiger partial charge is 0.481 e. The summed E-state index contributed by atoms with van der Waals surface area (Å²) in [5.74, 6) is -5.60. The summed E-state index contributed by atoms with van der Waals surface area (Å²) >= 11 is 7.83. The number of amides is 7. The van der Waals surface area contributed by atoms with Crippen LogP contribution in [-0.4, -0.2) is 323 Å². The van der Waals surface area contributed by atoms with Crippen molar-refractivity contribution in [3.05, 3.63) is 93.1 Å². The minimum atomic E-state index is -1.55. The molecule has 3 aromatic rings. The number of rotatable bonds is 56. The molecule has 4 rings (SSSR count). The van der Waals surface area contributed by atoms with Crippen molar-refractivity contribution >= 4 is 141 Å². The third-order valence-electron chi connectivity index (χ3n) is 18.2. The van der Waals surface area contributed by atoms with Crippen molar-refractivity contribution in [2.75, 3.05) is 148 Å². The summed E-state index contributed by atoms with van der Waals surface area (Å²) in [4.78, 5) is 170. The van der Waals surface area contributed by atoms with E-state index in [2.05, 4.69) is 80.5 Å². The Hall–Kier alpha value is -10.3. The maximum Gasteiger partial charge on any atom is 0.326 e. The van der Waals surface area contributed by atoms with E-state index < -0.39 is 128 Å². The Morgan fingerprint density at radius 1 is 0.492 bits per heavy atom. The lowest BCUT2D eigenvalue weighted by atomic mass is 10.0. The van der Waals surface area contributed by atoms with Crippen molar-refractivity contribution in [3.63, 3.8) is 0 Å². The van der Waals surface area contributed by atoms with Gasteiger partial charge in [0.2, 0.25) is 17.7 Å². The number of ether oxygens (including phenoxy) is 3. The number of nitrogens with two attached hydrogens (primary N) is 1. The molecule has 1 aliphatic heterocycles. The monoisotopic (exact) mass is 1790 g/mol. The molecule has 3 aromatic carbocycles. The number of carbonyl (C=O) groups excluding carboxylic acids is 5. The minimum Gasteiger partial charge on any atom is -0.481 e. The zero-order valence-electron chi connectivity index (χ0n) is 65.7. The number of anilines is 2. The summed E-state index contributed by atoms with van der Waals surface area (Å²) in [6, 6.07) is 14.1. The second-order valence-corrected chi connectivity index (χ2v) is 29.2. The maximum atomic E-state index is 13.9. The van der Waals surface area contributed by atoms with Gasteiger partial charge in [-0.05, 0) is 166 Å². The van der Waals surface area contributed by atoms with Gasteiger partial charge in [-0.3, -0.25) is 62.9 Å². The highest BCUT2D eigenvalue weighted by Crippen LogP contribution is 2.19. The Labute approximate surface area is 701 Å². The van der Waals surface area contributed by atoms with Crippen LogP contribution in [0.25, 0.3) is 0 Å². The molecule has 118 heavy (non-hydrogen) atoms. The van der Waals surface area contributed by atoms with Crippen LogP contribution < -0.4 is 53.7 Å². The van der Waals surface area contributed by atoms with E-state index in [1.54, 1.807) is 68.1 Å². The average Bonchev–Trinajstić information content (AvgIpc) is 0.853. The molecule has 0 aromatic heterocycles. The van der Waals surface area contributed by atoms with E-state index in [9.17, 15) is 98.1 Å². The van der Waals surface area contributed by atoms with Crippen LogP contribution >= 0.6 is 34.8 Å². The number of nitrogens with zero attached hydrogens (tertiary/aromatic N) is 6. The molecule has 1 heterocycles. The first-order valence-corrected chi connectivity index (χ1v) is 40.1. The van der Waals surface area contributed by atoms with Crippen LogP contribution in [-0.2, 0) is 79.8 Å². The smallest absolute Gasteiger partial charge is 0.326 e. The summed E-state index contributed by atoms with van der Waals surface area (Å²) in [5, 5.41) is 105. The fraction of sp³-hybridized carbons (Fsp3) is 0.553. The number of hydrogen-bond acceptors (Lipinski definition) is 24. The van der Waals surface area contributed by atoms with E-state index in [0.717, 1.165) is 21.1 Å². The van der Waals surface area contributed by atoms with Gasteiger partial charge in [0.25, 0.3) is 0 Å². The normalized spacial score (nSPS) is 15.0. The molecule has 7 amide bonds. The molecule has 19 N–H and O–H groups in total. The van der Waals surface area contributed by atoms with Gasteiger partial charge < -0.3 is 109 Å². The van der Waals surface area contributed by atoms with Crippen LogP contribution in [0.5, 0.6) is 0 Å². The summed E-state index contributed by atoms with van der Waals surface area (Å²) in [7, 11) is 0. The van der Waals surface area contributed by atoms with E-state index >= 15 is 0 Å². The topological polar surface area (TPSA) is 583 Å². The van der Waals surface area contributed by atoms with E-state index in [0.29, 0.717) is 80.7 Å². The Balaban J connectivity index is 1.23. The molecular formula is C76H111IN16O24S. The Morgan fingerprint density at radius 3 is 1.58 bits per heavy atom. The van der Waals surface area contributed by atoms with Crippen molar-refractivity contribution in [1.29, 1.82) is 0 Å². The Morgan fingerprint density at radius 2 is 1.01 bits per heavy atom. The number of hydrogen-bond donors (Lipinski definition) is 18. The first-order valence-electron chi connectivity index (χ1n) is 38.6. The lowest BCUT2D eigenvalue weighted by molar-refractivity contribution is -0.142. The molecule has 0 saturated carbocycles. The molecule has 3 unspecified atom stereocenters. The number of aliphatic imine (C=N–C) groups is 1. The standard InChI is InChI=1S/C76H111IN16O24S/c77-54-20-16-51(17-21-54)9-7-15-63(94)80-27-4-2-13-59(71(107)108)86-70(106)58(12-1-6-29-82-76(118)84-55-22-18-52(19-23-55)43-57-46-92(49-68(102)103)34-33-90(47-66(98)99)31-32-91(48-67(100)101)35-36-93(57)50-69(104)105)85-64(95)26-37-115-39-41-117-42-40-116-38-30-79-45-62(89-78)53-10-8-11-56(44-53)83-74(113)81-28-5-3-14-60(72(109)110)87-75(114)88-61(73(111)112)24-25-65(96)97/h8,10-11,16-23,44-45,57-61H,1-7,9,12-15,24-43,46-50,78H2,(H,80,94)(H,85,95)(H,86,106)(H,96,97)(H,98,99)(H,100,101)(H,102,103)(H,104,105)(H,107,108)(H,109,110)(H,111,112)(H2,81,83,113)(H2,82,84,118)(H2,87,88,114)/t57?,58-,59?,60?,61-/m0/s1. The quantitative estimate of drug-likeness (QED) is 0.00957. The molecule has 5 atom stereocenters. The van der Waals surface area contributed by atoms with Crippen LogP contribution in [0.15, 0.2) is 82.9 Å². The number of nitrogens with one attached hydrogen (secondary N) is 9. The van der Waals surface area contributed by atoms with E-state index in [-0.39, 0.29) is 161 Å². The van der Waals surface area contributed by atoms with Gasteiger partial charge in [0.05, 0.1) is 72.4 Å². The summed E-state index contributed by atoms with van der Waals surface area (Å²) in [6.45, 7) is 1.26. The van der Waals surface area contributed by atoms with Crippen molar-refractivity contribution in [3.8, 4) is 0 Å². The Kier molecular flexibility index (Phi) is 48.9. The maximum absolute atomic E-state index is 13.9. The van der Waals surface area contributed by atoms with Gasteiger partial charge in [-0.15, -0.1) is 0 Å². The Bertz CT molecular complexity index is 3780. The molecule has 0 spiro atoms. The fourth-order valence-electron chi connectivity index (χ4n) is 12.1. The molecule has 0 bridgehead atoms. The van der Waals surface area contributed by atoms with Gasteiger partial charge in [-0.25, -0.2) is 24.0 Å². The van der Waals surface area contributed by atoms with E-state index in [4.69, 9.17) is 37.4 Å². The van der Waals surface area contributed by atoms with Gasteiger partial charge in [0.1, 0.15) is 29.9 Å². The first kappa shape index (κ1) is 100. The van der Waals surface area contributed by atoms with Crippen molar-refractivity contribution in [2.24, 2.45) is 15.9 Å². The van der Waals surface area contributed by atoms with Crippen LogP contribution in [0, 0.1) is 3.57 Å². The number of thiocarbonyl (C=S) groups is 1. The van der Waals surface area contributed by atoms with Gasteiger partial charge in [0, 0.05) is 117 Å².